The molecule has 2 aromatic heterocycles. The lowest BCUT2D eigenvalue weighted by Crippen LogP contribution is -2.57. The molecule has 5 aliphatic rings. The van der Waals surface area contributed by atoms with Crippen molar-refractivity contribution in [3.63, 3.8) is 0 Å². The highest BCUT2D eigenvalue weighted by Gasteiger charge is 2.60. The SMILES string of the molecule is Cn1ncc(NC(=O)CC23CC4CC(C2)CC(n2cc(Br)c([N+](=O)[O-])n2)(C4)C3)c1C(=O)N1CCCCC1. The number of halogens is 1. The number of carbonyl (C=O) groups is 2. The predicted octanol–water partition coefficient (Wildman–Crippen LogP) is 4.24. The number of aromatic nitrogens is 4. The lowest BCUT2D eigenvalue weighted by molar-refractivity contribution is -0.390. The zero-order valence-electron chi connectivity index (χ0n) is 21.0. The summed E-state index contributed by atoms with van der Waals surface area (Å²) in [6, 6.07) is 0. The molecular weight excluding hydrogens is 542 g/mol. The zero-order valence-corrected chi connectivity index (χ0v) is 22.6. The molecule has 0 aromatic carbocycles. The minimum atomic E-state index is -0.457. The standard InChI is InChI=1S/C25H32BrN7O4/c1-30-21(23(35)31-5-3-2-4-6-31)19(13-27-30)28-20(34)12-24-8-16-7-17(9-24)11-25(10-16,15-24)32-14-18(26)22(29-32)33(36)37/h13-14,16-17H,2-12,15H2,1H3,(H,28,34). The van der Waals surface area contributed by atoms with Gasteiger partial charge in [-0.1, -0.05) is 0 Å². The molecular formula is C25H32BrN7O4. The van der Waals surface area contributed by atoms with Crippen molar-refractivity contribution in [3.8, 4) is 0 Å². The van der Waals surface area contributed by atoms with Crippen LogP contribution in [0.25, 0.3) is 0 Å². The number of piperidine rings is 1. The van der Waals surface area contributed by atoms with Crippen LogP contribution >= 0.6 is 15.9 Å². The van der Waals surface area contributed by atoms with E-state index >= 15 is 0 Å². The first kappa shape index (κ1) is 24.6. The van der Waals surface area contributed by atoms with E-state index in [1.807, 2.05) is 9.58 Å². The van der Waals surface area contributed by atoms with Gasteiger partial charge in [-0.05, 0) is 95.9 Å². The molecule has 1 saturated heterocycles. The Balaban J connectivity index is 1.22. The van der Waals surface area contributed by atoms with Crippen LogP contribution in [0, 0.1) is 27.4 Å². The lowest BCUT2D eigenvalue weighted by Gasteiger charge is -2.61. The van der Waals surface area contributed by atoms with Crippen LogP contribution in [0.1, 0.15) is 74.7 Å². The molecule has 12 heteroatoms. The van der Waals surface area contributed by atoms with Gasteiger partial charge in [-0.2, -0.15) is 9.78 Å². The molecule has 0 spiro atoms. The lowest BCUT2D eigenvalue weighted by atomic mass is 9.46. The predicted molar refractivity (Wildman–Crippen MR) is 138 cm³/mol. The van der Waals surface area contributed by atoms with Gasteiger partial charge in [0.15, 0.2) is 0 Å². The molecule has 0 radical (unpaired) electrons. The molecule has 198 valence electrons. The number of nitrogens with one attached hydrogen (secondary N) is 1. The van der Waals surface area contributed by atoms with E-state index in [0.29, 0.717) is 34.1 Å². The minimum absolute atomic E-state index is 0.0883. The van der Waals surface area contributed by atoms with Crippen molar-refractivity contribution < 1.29 is 14.5 Å². The molecule has 2 atom stereocenters. The first-order chi connectivity index (χ1) is 17.7. The zero-order chi connectivity index (χ0) is 25.9. The van der Waals surface area contributed by atoms with Gasteiger partial charge in [0.25, 0.3) is 5.91 Å². The molecule has 2 amide bonds. The fraction of sp³-hybridized carbons (Fsp3) is 0.680. The Kier molecular flexibility index (Phi) is 5.92. The van der Waals surface area contributed by atoms with Gasteiger partial charge in [0, 0.05) is 26.6 Å². The van der Waals surface area contributed by atoms with Crippen LogP contribution in [0.2, 0.25) is 0 Å². The summed E-state index contributed by atoms with van der Waals surface area (Å²) in [6.07, 6.45) is 12.6. The van der Waals surface area contributed by atoms with E-state index in [9.17, 15) is 19.7 Å². The van der Waals surface area contributed by atoms with Crippen molar-refractivity contribution in [2.45, 2.75) is 69.7 Å². The monoisotopic (exact) mass is 573 g/mol. The fourth-order valence-corrected chi connectivity index (χ4v) is 8.57. The molecule has 1 N–H and O–H groups in total. The summed E-state index contributed by atoms with van der Waals surface area (Å²) in [5.74, 6) is 0.599. The van der Waals surface area contributed by atoms with Crippen LogP contribution in [0.4, 0.5) is 11.5 Å². The number of aryl methyl sites for hydroxylation is 1. The second kappa shape index (κ2) is 8.92. The van der Waals surface area contributed by atoms with Gasteiger partial charge in [-0.15, -0.1) is 0 Å². The maximum absolute atomic E-state index is 13.5. The number of hydrogen-bond donors (Lipinski definition) is 1. The normalized spacial score (nSPS) is 30.5. The molecule has 1 aliphatic heterocycles. The highest BCUT2D eigenvalue weighted by atomic mass is 79.9. The molecule has 4 aliphatic carbocycles. The van der Waals surface area contributed by atoms with Gasteiger partial charge >= 0.3 is 5.82 Å². The van der Waals surface area contributed by atoms with Gasteiger partial charge in [0.1, 0.15) is 10.2 Å². The fourth-order valence-electron chi connectivity index (χ4n) is 8.15. The summed E-state index contributed by atoms with van der Waals surface area (Å²) in [5.41, 5.74) is 0.408. The maximum Gasteiger partial charge on any atom is 0.404 e. The topological polar surface area (TPSA) is 128 Å². The highest BCUT2D eigenvalue weighted by Crippen LogP contribution is 2.65. The third-order valence-electron chi connectivity index (χ3n) is 9.06. The summed E-state index contributed by atoms with van der Waals surface area (Å²) in [6.45, 7) is 1.46. The van der Waals surface area contributed by atoms with E-state index in [0.717, 1.165) is 70.9 Å². The van der Waals surface area contributed by atoms with Crippen molar-refractivity contribution >= 4 is 39.2 Å². The minimum Gasteiger partial charge on any atom is -0.358 e. The summed E-state index contributed by atoms with van der Waals surface area (Å²) in [7, 11) is 1.73. The Hall–Kier alpha value is -2.76. The van der Waals surface area contributed by atoms with Crippen LogP contribution in [0.3, 0.4) is 0 Å². The van der Waals surface area contributed by atoms with Crippen LogP contribution in [-0.2, 0) is 17.4 Å². The Labute approximate surface area is 223 Å². The largest absolute Gasteiger partial charge is 0.404 e. The number of rotatable bonds is 6. The van der Waals surface area contributed by atoms with Gasteiger partial charge in [0.2, 0.25) is 5.91 Å². The second-order valence-electron chi connectivity index (χ2n) is 11.8. The van der Waals surface area contributed by atoms with E-state index in [1.54, 1.807) is 24.1 Å². The van der Waals surface area contributed by atoms with Gasteiger partial charge in [-0.3, -0.25) is 14.3 Å². The molecule has 4 saturated carbocycles. The summed E-state index contributed by atoms with van der Waals surface area (Å²) < 4.78 is 3.76. The molecule has 2 aromatic rings. The van der Waals surface area contributed by atoms with Crippen molar-refractivity contribution in [1.29, 1.82) is 0 Å². The average Bonchev–Trinajstić information content (AvgIpc) is 3.41. The summed E-state index contributed by atoms with van der Waals surface area (Å²) in [5, 5.41) is 23.1. The summed E-state index contributed by atoms with van der Waals surface area (Å²) >= 11 is 3.31. The van der Waals surface area contributed by atoms with E-state index in [4.69, 9.17) is 0 Å². The Morgan fingerprint density at radius 3 is 2.54 bits per heavy atom. The summed E-state index contributed by atoms with van der Waals surface area (Å²) in [4.78, 5) is 39.5. The quantitative estimate of drug-likeness (QED) is 0.406. The third-order valence-corrected chi connectivity index (χ3v) is 9.62. The van der Waals surface area contributed by atoms with E-state index in [-0.39, 0.29) is 28.6 Å². The van der Waals surface area contributed by atoms with Crippen LogP contribution < -0.4 is 5.32 Å². The second-order valence-corrected chi connectivity index (χ2v) is 12.7. The Bertz CT molecular complexity index is 1250. The third kappa shape index (κ3) is 4.26. The van der Waals surface area contributed by atoms with Gasteiger partial charge in [-0.25, -0.2) is 0 Å². The van der Waals surface area contributed by atoms with Crippen molar-refractivity contribution in [2.75, 3.05) is 18.4 Å². The molecule has 11 nitrogen and oxygen atoms in total. The van der Waals surface area contributed by atoms with Crippen LogP contribution in [0.15, 0.2) is 16.9 Å². The number of amides is 2. The number of carbonyl (C=O) groups excluding carboxylic acids is 2. The van der Waals surface area contributed by atoms with Crippen molar-refractivity contribution in [2.24, 2.45) is 24.3 Å². The molecule has 37 heavy (non-hydrogen) atoms. The Morgan fingerprint density at radius 2 is 1.89 bits per heavy atom. The van der Waals surface area contributed by atoms with Crippen molar-refractivity contribution in [1.82, 2.24) is 24.5 Å². The first-order valence-corrected chi connectivity index (χ1v) is 14.0. The highest BCUT2D eigenvalue weighted by molar-refractivity contribution is 9.10. The maximum atomic E-state index is 13.5. The van der Waals surface area contributed by atoms with Crippen molar-refractivity contribution in [3.05, 3.63) is 32.7 Å². The molecule has 4 bridgehead atoms. The average molecular weight is 574 g/mol. The molecule has 5 fully saturated rings. The van der Waals surface area contributed by atoms with E-state index < -0.39 is 4.92 Å². The van der Waals surface area contributed by atoms with Gasteiger partial charge in [0.05, 0.1) is 28.7 Å². The number of hydrogen-bond acceptors (Lipinski definition) is 6. The molecule has 2 unspecified atom stereocenters. The Morgan fingerprint density at radius 1 is 1.19 bits per heavy atom. The van der Waals surface area contributed by atoms with E-state index in [2.05, 4.69) is 31.4 Å². The smallest absolute Gasteiger partial charge is 0.358 e. The number of anilines is 1. The van der Waals surface area contributed by atoms with Crippen LogP contribution in [0.5, 0.6) is 0 Å². The van der Waals surface area contributed by atoms with E-state index in [1.165, 1.54) is 0 Å². The number of nitro groups is 1. The van der Waals surface area contributed by atoms with Crippen LogP contribution in [-0.4, -0.2) is 54.3 Å². The molecule has 3 heterocycles. The van der Waals surface area contributed by atoms with Gasteiger partial charge < -0.3 is 20.3 Å². The number of nitrogens with zero attached hydrogens (tertiary/aromatic N) is 6. The number of likely N-dealkylation sites (tertiary alicyclic amines) is 1. The first-order valence-electron chi connectivity index (χ1n) is 13.2. The molecule has 7 rings (SSSR count).